The van der Waals surface area contributed by atoms with Crippen LogP contribution < -0.4 is 15.5 Å². The van der Waals surface area contributed by atoms with Crippen molar-refractivity contribution in [3.05, 3.63) is 71.4 Å². The zero-order valence-electron chi connectivity index (χ0n) is 19.1. The first-order valence-corrected chi connectivity index (χ1v) is 11.3. The van der Waals surface area contributed by atoms with Gasteiger partial charge in [0.15, 0.2) is 0 Å². The molecular formula is C25H29F2N5O. The number of nitrogens with one attached hydrogen (secondary N) is 2. The molecule has 2 atom stereocenters. The number of alkyl halides is 2. The third-order valence-corrected chi connectivity index (χ3v) is 6.17. The van der Waals surface area contributed by atoms with Gasteiger partial charge in [-0.25, -0.2) is 13.5 Å². The molecule has 1 aliphatic rings. The van der Waals surface area contributed by atoms with Gasteiger partial charge in [-0.1, -0.05) is 29.8 Å². The average molecular weight is 454 g/mol. The van der Waals surface area contributed by atoms with E-state index >= 15 is 0 Å². The van der Waals surface area contributed by atoms with E-state index in [0.29, 0.717) is 11.5 Å². The van der Waals surface area contributed by atoms with E-state index in [1.54, 1.807) is 0 Å². The number of carbonyl (C=O) groups is 1. The van der Waals surface area contributed by atoms with Crippen molar-refractivity contribution in [1.82, 2.24) is 9.78 Å². The highest BCUT2D eigenvalue weighted by molar-refractivity contribution is 6.07. The smallest absolute Gasteiger partial charge is 0.261 e. The molecule has 0 saturated heterocycles. The molecule has 1 aliphatic heterocycles. The maximum Gasteiger partial charge on any atom is 0.261 e. The standard InChI is InChI=1S/C25H29F2N5O/c1-4-31(5-2)19-12-10-18(11-13-19)29-25(33)20-15-28-32-22(23(26)27)14-21(30-24(20)32)17-8-6-16(3)7-9-17/h6-13,15,21-23,30H,4-5,14H2,1-3H3,(H,29,33)/t21-,22-/m0/s1. The topological polar surface area (TPSA) is 62.2 Å². The molecule has 0 bridgehead atoms. The third-order valence-electron chi connectivity index (χ3n) is 6.17. The molecule has 0 saturated carbocycles. The summed E-state index contributed by atoms with van der Waals surface area (Å²) in [5, 5.41) is 10.3. The Morgan fingerprint density at radius 1 is 1.15 bits per heavy atom. The van der Waals surface area contributed by atoms with Gasteiger partial charge in [0, 0.05) is 24.5 Å². The van der Waals surface area contributed by atoms with Crippen LogP contribution in [0.4, 0.5) is 26.0 Å². The average Bonchev–Trinajstić information content (AvgIpc) is 3.25. The SMILES string of the molecule is CCN(CC)c1ccc(NC(=O)c2cnn3c2N[C@H](c2ccc(C)cc2)C[C@H]3C(F)F)cc1. The number of amides is 1. The zero-order chi connectivity index (χ0) is 23.5. The molecule has 174 valence electrons. The van der Waals surface area contributed by atoms with E-state index < -0.39 is 18.4 Å². The summed E-state index contributed by atoms with van der Waals surface area (Å²) >= 11 is 0. The Morgan fingerprint density at radius 2 is 1.82 bits per heavy atom. The van der Waals surface area contributed by atoms with Gasteiger partial charge in [-0.2, -0.15) is 5.10 Å². The van der Waals surface area contributed by atoms with Gasteiger partial charge in [0.25, 0.3) is 12.3 Å². The normalized spacial score (nSPS) is 17.4. The Kier molecular flexibility index (Phi) is 6.62. The first-order chi connectivity index (χ1) is 15.9. The number of rotatable bonds is 7. The van der Waals surface area contributed by atoms with Gasteiger partial charge in [0.05, 0.1) is 12.2 Å². The fourth-order valence-corrected chi connectivity index (χ4v) is 4.26. The largest absolute Gasteiger partial charge is 0.372 e. The van der Waals surface area contributed by atoms with Crippen molar-refractivity contribution in [3.63, 3.8) is 0 Å². The molecule has 2 aromatic carbocycles. The van der Waals surface area contributed by atoms with E-state index in [9.17, 15) is 13.6 Å². The predicted molar refractivity (Wildman–Crippen MR) is 127 cm³/mol. The molecule has 0 unspecified atom stereocenters. The summed E-state index contributed by atoms with van der Waals surface area (Å²) in [5.41, 5.74) is 3.94. The van der Waals surface area contributed by atoms with E-state index in [4.69, 9.17) is 0 Å². The van der Waals surface area contributed by atoms with Crippen molar-refractivity contribution >= 4 is 23.1 Å². The number of aromatic nitrogens is 2. The van der Waals surface area contributed by atoms with Crippen molar-refractivity contribution in [2.24, 2.45) is 0 Å². The van der Waals surface area contributed by atoms with Crippen molar-refractivity contribution in [1.29, 1.82) is 0 Å². The van der Waals surface area contributed by atoms with Crippen LogP contribution in [0.3, 0.4) is 0 Å². The number of anilines is 3. The van der Waals surface area contributed by atoms with Crippen molar-refractivity contribution in [2.45, 2.75) is 45.7 Å². The molecule has 1 amide bonds. The van der Waals surface area contributed by atoms with Crippen LogP contribution in [0.25, 0.3) is 0 Å². The monoisotopic (exact) mass is 453 g/mol. The number of nitrogens with zero attached hydrogens (tertiary/aromatic N) is 3. The van der Waals surface area contributed by atoms with Crippen LogP contribution in [0.1, 0.15) is 53.8 Å². The minimum absolute atomic E-state index is 0.184. The van der Waals surface area contributed by atoms with Crippen molar-refractivity contribution < 1.29 is 13.6 Å². The summed E-state index contributed by atoms with van der Waals surface area (Å²) < 4.78 is 29.0. The number of aryl methyl sites for hydroxylation is 1. The molecule has 4 rings (SSSR count). The zero-order valence-corrected chi connectivity index (χ0v) is 19.1. The van der Waals surface area contributed by atoms with Crippen LogP contribution in [0.5, 0.6) is 0 Å². The number of benzene rings is 2. The molecule has 2 heterocycles. The van der Waals surface area contributed by atoms with Crippen molar-refractivity contribution in [3.8, 4) is 0 Å². The summed E-state index contributed by atoms with van der Waals surface area (Å²) in [7, 11) is 0. The van der Waals surface area contributed by atoms with Crippen LogP contribution >= 0.6 is 0 Å². The maximum atomic E-state index is 13.9. The molecule has 3 aromatic rings. The minimum atomic E-state index is -2.60. The van der Waals surface area contributed by atoms with Gasteiger partial charge in [-0.05, 0) is 57.0 Å². The Morgan fingerprint density at radius 3 is 2.42 bits per heavy atom. The van der Waals surface area contributed by atoms with Crippen LogP contribution in [-0.2, 0) is 0 Å². The van der Waals surface area contributed by atoms with E-state index in [-0.39, 0.29) is 18.0 Å². The summed E-state index contributed by atoms with van der Waals surface area (Å²) in [6, 6.07) is 13.9. The lowest BCUT2D eigenvalue weighted by Crippen LogP contribution is -2.31. The van der Waals surface area contributed by atoms with Crippen LogP contribution in [0.15, 0.2) is 54.7 Å². The number of hydrogen-bond acceptors (Lipinski definition) is 4. The van der Waals surface area contributed by atoms with Crippen molar-refractivity contribution in [2.75, 3.05) is 28.6 Å². The Balaban J connectivity index is 1.57. The lowest BCUT2D eigenvalue weighted by atomic mass is 9.96. The summed E-state index contributed by atoms with van der Waals surface area (Å²) in [6.45, 7) is 7.94. The van der Waals surface area contributed by atoms with Gasteiger partial charge in [-0.15, -0.1) is 0 Å². The molecule has 1 aromatic heterocycles. The van der Waals surface area contributed by atoms with Gasteiger partial charge >= 0.3 is 0 Å². The molecule has 0 radical (unpaired) electrons. The lowest BCUT2D eigenvalue weighted by molar-refractivity contribution is 0.0657. The van der Waals surface area contributed by atoms with Crippen LogP contribution in [-0.4, -0.2) is 35.2 Å². The molecule has 6 nitrogen and oxygen atoms in total. The molecular weight excluding hydrogens is 424 g/mol. The maximum absolute atomic E-state index is 13.9. The van der Waals surface area contributed by atoms with Gasteiger partial charge < -0.3 is 15.5 Å². The Bertz CT molecular complexity index is 1090. The van der Waals surface area contributed by atoms with Crippen LogP contribution in [0, 0.1) is 6.92 Å². The number of fused-ring (bicyclic) bond motifs is 1. The van der Waals surface area contributed by atoms with Gasteiger partial charge in [0.2, 0.25) is 0 Å². The second-order valence-electron chi connectivity index (χ2n) is 8.27. The summed E-state index contributed by atoms with van der Waals surface area (Å²) in [6.07, 6.45) is -1.06. The molecule has 0 spiro atoms. The van der Waals surface area contributed by atoms with E-state index in [1.165, 1.54) is 10.9 Å². The van der Waals surface area contributed by atoms with E-state index in [2.05, 4.69) is 34.5 Å². The highest BCUT2D eigenvalue weighted by atomic mass is 19.3. The second kappa shape index (κ2) is 9.60. The molecule has 33 heavy (non-hydrogen) atoms. The predicted octanol–water partition coefficient (Wildman–Crippen LogP) is 5.65. The molecule has 8 heteroatoms. The Labute approximate surface area is 192 Å². The number of halogens is 2. The van der Waals surface area contributed by atoms with E-state index in [0.717, 1.165) is 29.9 Å². The molecule has 2 N–H and O–H groups in total. The van der Waals surface area contributed by atoms with Crippen LogP contribution in [0.2, 0.25) is 0 Å². The quantitative estimate of drug-likeness (QED) is 0.485. The molecule has 0 fully saturated rings. The first kappa shape index (κ1) is 22.8. The lowest BCUT2D eigenvalue weighted by Gasteiger charge is -2.32. The van der Waals surface area contributed by atoms with Gasteiger partial charge in [0.1, 0.15) is 17.4 Å². The summed E-state index contributed by atoms with van der Waals surface area (Å²) in [4.78, 5) is 15.2. The highest BCUT2D eigenvalue weighted by Crippen LogP contribution is 2.39. The Hall–Kier alpha value is -3.42. The van der Waals surface area contributed by atoms with Gasteiger partial charge in [-0.3, -0.25) is 4.79 Å². The minimum Gasteiger partial charge on any atom is -0.372 e. The van der Waals surface area contributed by atoms with E-state index in [1.807, 2.05) is 55.5 Å². The third kappa shape index (κ3) is 4.69. The summed E-state index contributed by atoms with van der Waals surface area (Å²) in [5.74, 6) is -0.0775. The number of hydrogen-bond donors (Lipinski definition) is 2. The second-order valence-corrected chi connectivity index (χ2v) is 8.27. The fourth-order valence-electron chi connectivity index (χ4n) is 4.26. The number of carbonyl (C=O) groups excluding carboxylic acids is 1. The highest BCUT2D eigenvalue weighted by Gasteiger charge is 2.36. The molecule has 0 aliphatic carbocycles. The fraction of sp³-hybridized carbons (Fsp3) is 0.360. The first-order valence-electron chi connectivity index (χ1n) is 11.3.